The third-order valence-corrected chi connectivity index (χ3v) is 7.29. The van der Waals surface area contributed by atoms with E-state index in [9.17, 15) is 9.59 Å². The molecule has 168 valence electrons. The second-order valence-corrected chi connectivity index (χ2v) is 9.58. The molecule has 2 aliphatic rings. The van der Waals surface area contributed by atoms with Gasteiger partial charge in [-0.05, 0) is 66.3 Å². The van der Waals surface area contributed by atoms with Gasteiger partial charge in [0.1, 0.15) is 0 Å². The van der Waals surface area contributed by atoms with Gasteiger partial charge < -0.3 is 15.5 Å². The number of carbonyl (C=O) groups is 2. The number of primary amides is 1. The van der Waals surface area contributed by atoms with Crippen LogP contribution in [0.5, 0.6) is 0 Å². The summed E-state index contributed by atoms with van der Waals surface area (Å²) in [5.41, 5.74) is 9.68. The van der Waals surface area contributed by atoms with Gasteiger partial charge in [0, 0.05) is 36.3 Å². The number of amides is 2. The van der Waals surface area contributed by atoms with Gasteiger partial charge in [-0.15, -0.1) is 0 Å². The Labute approximate surface area is 202 Å². The Kier molecular flexibility index (Phi) is 5.55. The standard InChI is InChI=1S/C26H23Cl2N3O2/c1-30(26(33)19-4-2-3-5-21(19)27)23-9-7-15(12-24(23)31-13-17-10-18(17)14-31)20-11-16(25(29)32)6-8-22(20)28/h2-9,11-12,17-18H,10,13-14H2,1H3,(H2,29,32). The molecule has 3 aromatic rings. The van der Waals surface area contributed by atoms with Crippen molar-refractivity contribution in [3.63, 3.8) is 0 Å². The zero-order valence-electron chi connectivity index (χ0n) is 18.1. The Morgan fingerprint density at radius 2 is 1.70 bits per heavy atom. The zero-order valence-corrected chi connectivity index (χ0v) is 19.6. The topological polar surface area (TPSA) is 66.6 Å². The van der Waals surface area contributed by atoms with Crippen molar-refractivity contribution in [3.05, 3.63) is 81.8 Å². The van der Waals surface area contributed by atoms with Crippen molar-refractivity contribution in [2.75, 3.05) is 29.9 Å². The highest BCUT2D eigenvalue weighted by Gasteiger charge is 2.45. The van der Waals surface area contributed by atoms with Crippen LogP contribution in [0.1, 0.15) is 27.1 Å². The van der Waals surface area contributed by atoms with Crippen molar-refractivity contribution in [1.29, 1.82) is 0 Å². The van der Waals surface area contributed by atoms with Gasteiger partial charge in [0.15, 0.2) is 0 Å². The third-order valence-electron chi connectivity index (χ3n) is 6.63. The minimum atomic E-state index is -0.505. The summed E-state index contributed by atoms with van der Waals surface area (Å²) in [6.07, 6.45) is 1.27. The molecule has 2 N–H and O–H groups in total. The predicted molar refractivity (Wildman–Crippen MR) is 133 cm³/mol. The van der Waals surface area contributed by atoms with Crippen LogP contribution in [0.15, 0.2) is 60.7 Å². The van der Waals surface area contributed by atoms with Gasteiger partial charge in [-0.1, -0.05) is 41.4 Å². The van der Waals surface area contributed by atoms with E-state index in [1.54, 1.807) is 54.4 Å². The highest BCUT2D eigenvalue weighted by Crippen LogP contribution is 2.48. The molecule has 1 heterocycles. The van der Waals surface area contributed by atoms with Crippen LogP contribution in [0.4, 0.5) is 11.4 Å². The number of fused-ring (bicyclic) bond motifs is 1. The maximum Gasteiger partial charge on any atom is 0.259 e. The number of hydrogen-bond acceptors (Lipinski definition) is 3. The molecule has 2 amide bonds. The van der Waals surface area contributed by atoms with E-state index in [0.29, 0.717) is 33.0 Å². The first-order valence-electron chi connectivity index (χ1n) is 10.8. The summed E-state index contributed by atoms with van der Waals surface area (Å²) in [6.45, 7) is 1.93. The summed E-state index contributed by atoms with van der Waals surface area (Å²) >= 11 is 12.8. The van der Waals surface area contributed by atoms with E-state index in [0.717, 1.165) is 35.6 Å². The molecule has 1 aliphatic carbocycles. The number of anilines is 2. The summed E-state index contributed by atoms with van der Waals surface area (Å²) in [5, 5.41) is 0.952. The first kappa shape index (κ1) is 21.8. The summed E-state index contributed by atoms with van der Waals surface area (Å²) in [6, 6.07) is 18.0. The first-order chi connectivity index (χ1) is 15.8. The average Bonchev–Trinajstić information content (AvgIpc) is 3.43. The number of piperidine rings is 1. The zero-order chi connectivity index (χ0) is 23.3. The number of halogens is 2. The normalized spacial score (nSPS) is 18.7. The largest absolute Gasteiger partial charge is 0.369 e. The molecule has 5 nitrogen and oxygen atoms in total. The van der Waals surface area contributed by atoms with Gasteiger partial charge >= 0.3 is 0 Å². The Balaban J connectivity index is 1.58. The number of nitrogens with two attached hydrogens (primary N) is 1. The molecule has 2 fully saturated rings. The lowest BCUT2D eigenvalue weighted by Gasteiger charge is -2.28. The van der Waals surface area contributed by atoms with E-state index in [1.165, 1.54) is 6.42 Å². The number of nitrogens with zero attached hydrogens (tertiary/aromatic N) is 2. The summed E-state index contributed by atoms with van der Waals surface area (Å²) in [4.78, 5) is 29.0. The highest BCUT2D eigenvalue weighted by molar-refractivity contribution is 6.34. The third kappa shape index (κ3) is 4.07. The van der Waals surface area contributed by atoms with Crippen LogP contribution in [0.25, 0.3) is 11.1 Å². The van der Waals surface area contributed by atoms with Crippen LogP contribution < -0.4 is 15.5 Å². The molecular formula is C26H23Cl2N3O2. The van der Waals surface area contributed by atoms with E-state index in [-0.39, 0.29) is 5.91 Å². The monoisotopic (exact) mass is 479 g/mol. The van der Waals surface area contributed by atoms with Gasteiger partial charge in [0.25, 0.3) is 5.91 Å². The van der Waals surface area contributed by atoms with Crippen LogP contribution in [0.3, 0.4) is 0 Å². The molecule has 5 rings (SSSR count). The molecule has 3 aromatic carbocycles. The summed E-state index contributed by atoms with van der Waals surface area (Å²) in [7, 11) is 1.77. The lowest BCUT2D eigenvalue weighted by atomic mass is 10.0. The Hall–Kier alpha value is -3.02. The Bertz CT molecular complexity index is 1270. The first-order valence-corrected chi connectivity index (χ1v) is 11.6. The maximum absolute atomic E-state index is 13.3. The van der Waals surface area contributed by atoms with E-state index in [1.807, 2.05) is 18.2 Å². The van der Waals surface area contributed by atoms with Crippen molar-refractivity contribution in [1.82, 2.24) is 0 Å². The summed E-state index contributed by atoms with van der Waals surface area (Å²) < 4.78 is 0. The molecule has 1 saturated carbocycles. The number of rotatable bonds is 5. The number of carbonyl (C=O) groups excluding carboxylic acids is 2. The molecule has 0 aromatic heterocycles. The van der Waals surface area contributed by atoms with E-state index >= 15 is 0 Å². The van der Waals surface area contributed by atoms with Gasteiger partial charge in [-0.3, -0.25) is 9.59 Å². The molecule has 2 atom stereocenters. The van der Waals surface area contributed by atoms with E-state index in [4.69, 9.17) is 28.9 Å². The molecule has 1 saturated heterocycles. The lowest BCUT2D eigenvalue weighted by molar-refractivity contribution is 0.0988. The average molecular weight is 480 g/mol. The van der Waals surface area contributed by atoms with Gasteiger partial charge in [0.2, 0.25) is 5.91 Å². The van der Waals surface area contributed by atoms with Gasteiger partial charge in [-0.2, -0.15) is 0 Å². The fraction of sp³-hybridized carbons (Fsp3) is 0.231. The van der Waals surface area contributed by atoms with Crippen LogP contribution in [-0.2, 0) is 0 Å². The summed E-state index contributed by atoms with van der Waals surface area (Å²) in [5.74, 6) is 0.753. The fourth-order valence-corrected chi connectivity index (χ4v) is 5.09. The fourth-order valence-electron chi connectivity index (χ4n) is 4.65. The second-order valence-electron chi connectivity index (χ2n) is 8.77. The number of benzene rings is 3. The molecule has 7 heteroatoms. The van der Waals surface area contributed by atoms with Crippen LogP contribution in [0, 0.1) is 11.8 Å². The number of hydrogen-bond donors (Lipinski definition) is 1. The molecule has 0 bridgehead atoms. The van der Waals surface area contributed by atoms with Crippen molar-refractivity contribution in [2.45, 2.75) is 6.42 Å². The Morgan fingerprint density at radius 1 is 0.970 bits per heavy atom. The molecule has 33 heavy (non-hydrogen) atoms. The van der Waals surface area contributed by atoms with Crippen molar-refractivity contribution in [2.24, 2.45) is 17.6 Å². The van der Waals surface area contributed by atoms with Crippen LogP contribution in [-0.4, -0.2) is 32.0 Å². The Morgan fingerprint density at radius 3 is 2.39 bits per heavy atom. The minimum Gasteiger partial charge on any atom is -0.369 e. The maximum atomic E-state index is 13.3. The smallest absolute Gasteiger partial charge is 0.259 e. The van der Waals surface area contributed by atoms with E-state index in [2.05, 4.69) is 4.90 Å². The highest BCUT2D eigenvalue weighted by atomic mass is 35.5. The van der Waals surface area contributed by atoms with Gasteiger partial charge in [-0.25, -0.2) is 0 Å². The second kappa shape index (κ2) is 8.40. The van der Waals surface area contributed by atoms with Crippen molar-refractivity contribution in [3.8, 4) is 11.1 Å². The van der Waals surface area contributed by atoms with Crippen molar-refractivity contribution < 1.29 is 9.59 Å². The predicted octanol–water partition coefficient (Wildman–Crippen LogP) is 5.49. The van der Waals surface area contributed by atoms with Crippen LogP contribution in [0.2, 0.25) is 10.0 Å². The molecular weight excluding hydrogens is 457 g/mol. The minimum absolute atomic E-state index is 0.173. The van der Waals surface area contributed by atoms with Crippen LogP contribution >= 0.6 is 23.2 Å². The molecule has 0 spiro atoms. The lowest BCUT2D eigenvalue weighted by Crippen LogP contribution is -2.30. The molecule has 1 aliphatic heterocycles. The molecule has 2 unspecified atom stereocenters. The molecule has 0 radical (unpaired) electrons. The van der Waals surface area contributed by atoms with E-state index < -0.39 is 5.91 Å². The quantitative estimate of drug-likeness (QED) is 0.525. The van der Waals surface area contributed by atoms with Gasteiger partial charge in [0.05, 0.1) is 22.0 Å². The van der Waals surface area contributed by atoms with Crippen molar-refractivity contribution >= 4 is 46.4 Å². The SMILES string of the molecule is CN(C(=O)c1ccccc1Cl)c1ccc(-c2cc(C(N)=O)ccc2Cl)cc1N1CC2CC2C1.